The van der Waals surface area contributed by atoms with E-state index in [4.69, 9.17) is 0 Å². The molecule has 0 spiro atoms. The van der Waals surface area contributed by atoms with Crippen molar-refractivity contribution in [2.45, 2.75) is 38.0 Å². The molecule has 0 saturated carbocycles. The van der Waals surface area contributed by atoms with Gasteiger partial charge in [-0.1, -0.05) is 91.0 Å². The Balaban J connectivity index is 0.994. The molecule has 1 amide bonds. The highest BCUT2D eigenvalue weighted by atomic mass is 16.3. The van der Waals surface area contributed by atoms with Gasteiger partial charge in [-0.15, -0.1) is 5.10 Å². The van der Waals surface area contributed by atoms with Gasteiger partial charge in [0.25, 0.3) is 17.0 Å². The Morgan fingerprint density at radius 2 is 1.40 bits per heavy atom. The van der Waals surface area contributed by atoms with Crippen LogP contribution in [0.2, 0.25) is 0 Å². The maximum atomic E-state index is 14.6. The van der Waals surface area contributed by atoms with Gasteiger partial charge < -0.3 is 15.1 Å². The Labute approximate surface area is 331 Å². The fourth-order valence-corrected chi connectivity index (χ4v) is 7.93. The molecule has 3 aromatic heterocycles. The molecule has 4 heterocycles. The summed E-state index contributed by atoms with van der Waals surface area (Å²) in [6, 6.07) is 36.8. The van der Waals surface area contributed by atoms with Gasteiger partial charge in [-0.25, -0.2) is 9.36 Å². The summed E-state index contributed by atoms with van der Waals surface area (Å²) in [6.07, 6.45) is 6.11. The molecule has 0 radical (unpaired) electrons. The van der Waals surface area contributed by atoms with E-state index >= 15 is 0 Å². The lowest BCUT2D eigenvalue weighted by atomic mass is 9.82. The van der Waals surface area contributed by atoms with E-state index in [0.717, 1.165) is 16.6 Å². The molecule has 13 heteroatoms. The van der Waals surface area contributed by atoms with E-state index in [1.54, 1.807) is 52.9 Å². The van der Waals surface area contributed by atoms with Crippen LogP contribution in [0.25, 0.3) is 33.2 Å². The van der Waals surface area contributed by atoms with Crippen LogP contribution in [0.1, 0.15) is 41.6 Å². The summed E-state index contributed by atoms with van der Waals surface area (Å²) in [5, 5.41) is 38.7. The molecule has 8 aromatic rings. The second kappa shape index (κ2) is 14.8. The van der Waals surface area contributed by atoms with Crippen LogP contribution in [-0.2, 0) is 23.5 Å². The highest BCUT2D eigenvalue weighted by Crippen LogP contribution is 2.46. The first kappa shape index (κ1) is 36.5. The smallest absolute Gasteiger partial charge is 0.279 e. The molecule has 0 aliphatic carbocycles. The number of H-pyrrole nitrogens is 2. The highest BCUT2D eigenvalue weighted by molar-refractivity contribution is 6.07. The molecular weight excluding hydrogens is 733 g/mol. The molecule has 1 aliphatic heterocycles. The van der Waals surface area contributed by atoms with Crippen LogP contribution in [-0.4, -0.2) is 57.3 Å². The maximum absolute atomic E-state index is 14.6. The summed E-state index contributed by atoms with van der Waals surface area (Å²) in [7, 11) is 0. The standard InChI is InChI=1S/C45H40N8O5/c1-29(11-9-10-24-50-27-40(46-49-50)36(28-54)31-12-3-2-4-13-31)45(58)37-25-33(53-43(56)35-15-6-8-17-39(35)48-53)22-23-41(37)51(44(45)57)26-30-18-20-32(21-19-30)52-42(55)34-14-5-7-16-38(34)47-52/h2-9,11-23,25,27,29,36,47-48,54,58H,10,24,26,28H2,1H3/b11-9+/t29-,36?,45+/m1/s1. The minimum atomic E-state index is -1.96. The summed E-state index contributed by atoms with van der Waals surface area (Å²) in [4.78, 5) is 42.6. The van der Waals surface area contributed by atoms with Crippen molar-refractivity contribution in [3.63, 3.8) is 0 Å². The van der Waals surface area contributed by atoms with E-state index in [9.17, 15) is 24.6 Å². The van der Waals surface area contributed by atoms with E-state index in [1.165, 1.54) is 9.36 Å². The van der Waals surface area contributed by atoms with E-state index in [0.29, 0.717) is 57.6 Å². The molecule has 9 rings (SSSR count). The number of amides is 1. The summed E-state index contributed by atoms with van der Waals surface area (Å²) in [5.41, 5.74) is 3.49. The fraction of sp³-hybridized carbons (Fsp3) is 0.178. The monoisotopic (exact) mass is 772 g/mol. The largest absolute Gasteiger partial charge is 0.395 e. The molecule has 3 atom stereocenters. The number of hydrogen-bond donors (Lipinski definition) is 4. The van der Waals surface area contributed by atoms with E-state index in [1.807, 2.05) is 103 Å². The topological polar surface area (TPSA) is 167 Å². The van der Waals surface area contributed by atoms with Gasteiger partial charge in [0.1, 0.15) is 0 Å². The van der Waals surface area contributed by atoms with Gasteiger partial charge in [0.05, 0.1) is 63.6 Å². The summed E-state index contributed by atoms with van der Waals surface area (Å²) in [5.74, 6) is -1.45. The number of aliphatic hydroxyl groups excluding tert-OH is 1. The van der Waals surface area contributed by atoms with E-state index in [2.05, 4.69) is 20.5 Å². The molecule has 0 saturated heterocycles. The van der Waals surface area contributed by atoms with Crippen LogP contribution in [0, 0.1) is 5.92 Å². The minimum Gasteiger partial charge on any atom is -0.395 e. The first-order chi connectivity index (χ1) is 28.2. The van der Waals surface area contributed by atoms with Gasteiger partial charge in [-0.05, 0) is 72.1 Å². The first-order valence-corrected chi connectivity index (χ1v) is 19.1. The number of nitrogens with one attached hydrogen (secondary N) is 2. The van der Waals surface area contributed by atoms with Gasteiger partial charge in [-0.3, -0.25) is 29.3 Å². The Morgan fingerprint density at radius 1 is 0.776 bits per heavy atom. The number of carbonyl (C=O) groups excluding carboxylic acids is 1. The fourth-order valence-electron chi connectivity index (χ4n) is 7.93. The molecule has 0 bridgehead atoms. The van der Waals surface area contributed by atoms with Crippen LogP contribution in [0.3, 0.4) is 0 Å². The summed E-state index contributed by atoms with van der Waals surface area (Å²) >= 11 is 0. The average Bonchev–Trinajstić information content (AvgIpc) is 4.01. The SMILES string of the molecule is C[C@H](/C=C/CCn1cc(C(CO)c2ccccc2)nn1)[C@@]1(O)C(=O)N(Cc2ccc(-n3[nH]c4ccccc4c3=O)cc2)c2ccc(-n3[nH]c4ccccc4c3=O)cc21. The van der Waals surface area contributed by atoms with Crippen LogP contribution in [0.5, 0.6) is 0 Å². The van der Waals surface area contributed by atoms with Crippen molar-refractivity contribution in [1.82, 2.24) is 34.6 Å². The zero-order chi connectivity index (χ0) is 40.0. The van der Waals surface area contributed by atoms with E-state index < -0.39 is 17.4 Å². The molecule has 1 unspecified atom stereocenters. The number of aliphatic hydroxyl groups is 2. The number of hydrogen-bond acceptors (Lipinski definition) is 7. The third kappa shape index (κ3) is 6.26. The first-order valence-electron chi connectivity index (χ1n) is 19.1. The Morgan fingerprint density at radius 3 is 2.05 bits per heavy atom. The number of aromatic amines is 2. The number of aryl methyl sites for hydroxylation is 1. The number of benzene rings is 5. The van der Waals surface area contributed by atoms with Gasteiger partial charge in [0, 0.05) is 24.2 Å². The predicted octanol–water partition coefficient (Wildman–Crippen LogP) is 5.68. The van der Waals surface area contributed by atoms with Gasteiger partial charge in [0.2, 0.25) is 0 Å². The van der Waals surface area contributed by atoms with Gasteiger partial charge >= 0.3 is 0 Å². The van der Waals surface area contributed by atoms with Crippen molar-refractivity contribution >= 4 is 33.4 Å². The lowest BCUT2D eigenvalue weighted by Gasteiger charge is -2.28. The number of nitrogens with zero attached hydrogens (tertiary/aromatic N) is 6. The van der Waals surface area contributed by atoms with Crippen LogP contribution < -0.4 is 16.0 Å². The van der Waals surface area contributed by atoms with E-state index in [-0.39, 0.29) is 30.2 Å². The number of aromatic nitrogens is 7. The van der Waals surface area contributed by atoms with Crippen molar-refractivity contribution in [1.29, 1.82) is 0 Å². The van der Waals surface area contributed by atoms with Crippen LogP contribution in [0.15, 0.2) is 149 Å². The zero-order valence-electron chi connectivity index (χ0n) is 31.6. The molecule has 4 N–H and O–H groups in total. The third-order valence-electron chi connectivity index (χ3n) is 11.1. The molecule has 1 aliphatic rings. The van der Waals surface area contributed by atoms with Crippen molar-refractivity contribution in [2.75, 3.05) is 11.5 Å². The number of allylic oxidation sites excluding steroid dienone is 1. The third-order valence-corrected chi connectivity index (χ3v) is 11.1. The zero-order valence-corrected chi connectivity index (χ0v) is 31.6. The van der Waals surface area contributed by atoms with Crippen molar-refractivity contribution in [3.05, 3.63) is 183 Å². The normalized spacial score (nSPS) is 16.5. The number of fused-ring (bicyclic) bond motifs is 3. The minimum absolute atomic E-state index is 0.0977. The average molecular weight is 773 g/mol. The molecule has 5 aromatic carbocycles. The second-order valence-electron chi connectivity index (χ2n) is 14.7. The van der Waals surface area contributed by atoms with Crippen molar-refractivity contribution in [3.8, 4) is 11.4 Å². The van der Waals surface area contributed by atoms with Crippen molar-refractivity contribution in [2.24, 2.45) is 5.92 Å². The van der Waals surface area contributed by atoms with Crippen LogP contribution in [0.4, 0.5) is 5.69 Å². The number of anilines is 1. The molecule has 290 valence electrons. The van der Waals surface area contributed by atoms with Crippen LogP contribution >= 0.6 is 0 Å². The van der Waals surface area contributed by atoms with Crippen molar-refractivity contribution < 1.29 is 15.0 Å². The molecule has 0 fully saturated rings. The molecular formula is C45H40N8O5. The second-order valence-corrected chi connectivity index (χ2v) is 14.7. The number of rotatable bonds is 12. The predicted molar refractivity (Wildman–Crippen MR) is 221 cm³/mol. The van der Waals surface area contributed by atoms with Gasteiger partial charge in [0.15, 0.2) is 5.60 Å². The number of carbonyl (C=O) groups is 1. The Kier molecular flexibility index (Phi) is 9.31. The lowest BCUT2D eigenvalue weighted by molar-refractivity contribution is -0.139. The summed E-state index contributed by atoms with van der Waals surface area (Å²) < 4.78 is 4.63. The number of para-hydroxylation sites is 2. The maximum Gasteiger partial charge on any atom is 0.279 e. The highest BCUT2D eigenvalue weighted by Gasteiger charge is 2.52. The Hall–Kier alpha value is -7.09. The van der Waals surface area contributed by atoms with Gasteiger partial charge in [-0.2, -0.15) is 0 Å². The summed E-state index contributed by atoms with van der Waals surface area (Å²) in [6.45, 7) is 2.35. The molecule has 58 heavy (non-hydrogen) atoms. The quantitative estimate of drug-likeness (QED) is 0.116. The Bertz CT molecular complexity index is 2940. The lowest BCUT2D eigenvalue weighted by Crippen LogP contribution is -2.44. The molecule has 13 nitrogen and oxygen atoms in total.